The molecule has 2 rings (SSSR count). The van der Waals surface area contributed by atoms with Gasteiger partial charge >= 0.3 is 0 Å². The minimum absolute atomic E-state index is 0.0770. The number of anilines is 1. The van der Waals surface area contributed by atoms with Crippen LogP contribution >= 0.6 is 0 Å². The van der Waals surface area contributed by atoms with Crippen molar-refractivity contribution in [3.05, 3.63) is 12.5 Å². The van der Waals surface area contributed by atoms with E-state index in [4.69, 9.17) is 0 Å². The molecule has 0 aliphatic heterocycles. The summed E-state index contributed by atoms with van der Waals surface area (Å²) in [5.74, 6) is 0.304. The number of hydrogen-bond donors (Lipinski definition) is 1. The third-order valence-corrected chi connectivity index (χ3v) is 1.65. The molecule has 0 spiro atoms. The number of carbonyl (C=O) groups is 1. The molecule has 4 heteroatoms. The van der Waals surface area contributed by atoms with Gasteiger partial charge in [0.1, 0.15) is 12.0 Å². The summed E-state index contributed by atoms with van der Waals surface area (Å²) in [7, 11) is 0. The minimum atomic E-state index is 0.0770. The molecule has 0 bridgehead atoms. The van der Waals surface area contributed by atoms with Gasteiger partial charge in [-0.2, -0.15) is 0 Å². The van der Waals surface area contributed by atoms with Crippen LogP contribution in [-0.2, 0) is 4.79 Å². The molecule has 1 heterocycles. The fraction of sp³-hybridized carbons (Fsp3) is 0.429. The lowest BCUT2D eigenvalue weighted by molar-refractivity contribution is -0.117. The third-order valence-electron chi connectivity index (χ3n) is 1.65. The highest BCUT2D eigenvalue weighted by molar-refractivity contribution is 5.93. The molecule has 1 aromatic heterocycles. The molecule has 0 unspecified atom stereocenters. The average molecular weight is 152 g/mol. The lowest BCUT2D eigenvalue weighted by Gasteiger charge is -1.96. The highest BCUT2D eigenvalue weighted by Gasteiger charge is 2.29. The van der Waals surface area contributed by atoms with Crippen LogP contribution in [0.1, 0.15) is 12.8 Å². The second kappa shape index (κ2) is 2.38. The van der Waals surface area contributed by atoms with Gasteiger partial charge in [-0.15, -0.1) is 0 Å². The topological polar surface area (TPSA) is 55.1 Å². The van der Waals surface area contributed by atoms with Gasteiger partial charge in [0.05, 0.1) is 6.20 Å². The van der Waals surface area contributed by atoms with E-state index in [-0.39, 0.29) is 11.8 Å². The molecule has 1 saturated carbocycles. The van der Waals surface area contributed by atoms with Gasteiger partial charge in [0, 0.05) is 5.92 Å². The van der Waals surface area contributed by atoms with Crippen LogP contribution in [0, 0.1) is 5.92 Å². The first-order valence-electron chi connectivity index (χ1n) is 3.56. The van der Waals surface area contributed by atoms with Crippen molar-refractivity contribution < 1.29 is 9.32 Å². The van der Waals surface area contributed by atoms with E-state index in [2.05, 4.69) is 15.0 Å². The lowest BCUT2D eigenvalue weighted by Crippen LogP contribution is -2.12. The number of aromatic nitrogens is 1. The molecular weight excluding hydrogens is 144 g/mol. The Hall–Kier alpha value is -1.32. The van der Waals surface area contributed by atoms with E-state index >= 15 is 0 Å². The monoisotopic (exact) mass is 152 g/mol. The number of nitrogens with zero attached hydrogens (tertiary/aromatic N) is 1. The average Bonchev–Trinajstić information content (AvgIpc) is 2.73. The first kappa shape index (κ1) is 6.39. The first-order valence-corrected chi connectivity index (χ1v) is 3.56. The number of amides is 1. The molecule has 1 aromatic rings. The SMILES string of the molecule is O=C(Nc1cnoc1)C1CC1. The largest absolute Gasteiger partial charge is 0.363 e. The van der Waals surface area contributed by atoms with Crippen molar-refractivity contribution in [1.29, 1.82) is 0 Å². The van der Waals surface area contributed by atoms with Crippen LogP contribution in [0.25, 0.3) is 0 Å². The van der Waals surface area contributed by atoms with Crippen molar-refractivity contribution in [2.45, 2.75) is 12.8 Å². The maximum Gasteiger partial charge on any atom is 0.227 e. The second-order valence-electron chi connectivity index (χ2n) is 2.68. The van der Waals surface area contributed by atoms with Gasteiger partial charge in [0.2, 0.25) is 5.91 Å². The van der Waals surface area contributed by atoms with Gasteiger partial charge in [-0.25, -0.2) is 0 Å². The predicted octanol–water partition coefficient (Wildman–Crippen LogP) is 1.02. The summed E-state index contributed by atoms with van der Waals surface area (Å²) in [4.78, 5) is 11.1. The second-order valence-corrected chi connectivity index (χ2v) is 2.68. The molecule has 0 radical (unpaired) electrons. The summed E-state index contributed by atoms with van der Waals surface area (Å²) in [5, 5.41) is 6.15. The van der Waals surface area contributed by atoms with Gasteiger partial charge in [0.25, 0.3) is 0 Å². The Bertz CT molecular complexity index is 251. The Kier molecular flexibility index (Phi) is 1.38. The van der Waals surface area contributed by atoms with Crippen molar-refractivity contribution >= 4 is 11.6 Å². The van der Waals surface area contributed by atoms with Crippen LogP contribution in [0.2, 0.25) is 0 Å². The van der Waals surface area contributed by atoms with Crippen LogP contribution in [0.3, 0.4) is 0 Å². The fourth-order valence-corrected chi connectivity index (χ4v) is 0.856. The van der Waals surface area contributed by atoms with E-state index in [1.165, 1.54) is 12.5 Å². The molecule has 0 aromatic carbocycles. The first-order chi connectivity index (χ1) is 5.36. The van der Waals surface area contributed by atoms with Crippen LogP contribution in [0.4, 0.5) is 5.69 Å². The zero-order valence-electron chi connectivity index (χ0n) is 5.91. The third kappa shape index (κ3) is 1.39. The Morgan fingerprint density at radius 1 is 1.73 bits per heavy atom. The number of carbonyl (C=O) groups excluding carboxylic acids is 1. The molecule has 58 valence electrons. The quantitative estimate of drug-likeness (QED) is 0.688. The maximum absolute atomic E-state index is 11.1. The number of hydrogen-bond acceptors (Lipinski definition) is 3. The zero-order chi connectivity index (χ0) is 7.68. The summed E-state index contributed by atoms with van der Waals surface area (Å²) in [6.45, 7) is 0. The molecular formula is C7H8N2O2. The highest BCUT2D eigenvalue weighted by atomic mass is 16.5. The van der Waals surface area contributed by atoms with Crippen LogP contribution in [0.5, 0.6) is 0 Å². The van der Waals surface area contributed by atoms with E-state index in [0.717, 1.165) is 12.8 Å². The van der Waals surface area contributed by atoms with Crippen molar-refractivity contribution in [3.8, 4) is 0 Å². The van der Waals surface area contributed by atoms with Crippen molar-refractivity contribution in [1.82, 2.24) is 5.16 Å². The standard InChI is InChI=1S/C7H8N2O2/c10-7(5-1-2-5)9-6-3-8-11-4-6/h3-5H,1-2H2,(H,9,10). The lowest BCUT2D eigenvalue weighted by atomic mass is 10.4. The van der Waals surface area contributed by atoms with Crippen LogP contribution in [-0.4, -0.2) is 11.1 Å². The summed E-state index contributed by atoms with van der Waals surface area (Å²) in [6, 6.07) is 0. The van der Waals surface area contributed by atoms with E-state index in [0.29, 0.717) is 5.69 Å². The molecule has 1 aliphatic rings. The van der Waals surface area contributed by atoms with Crippen molar-refractivity contribution in [3.63, 3.8) is 0 Å². The zero-order valence-corrected chi connectivity index (χ0v) is 5.91. The van der Waals surface area contributed by atoms with Gasteiger partial charge in [0.15, 0.2) is 0 Å². The minimum Gasteiger partial charge on any atom is -0.363 e. The Morgan fingerprint density at radius 3 is 3.09 bits per heavy atom. The van der Waals surface area contributed by atoms with Gasteiger partial charge < -0.3 is 9.84 Å². The Balaban J connectivity index is 1.94. The Labute approximate surface area is 63.6 Å². The van der Waals surface area contributed by atoms with Gasteiger partial charge in [-0.1, -0.05) is 5.16 Å². The fourth-order valence-electron chi connectivity index (χ4n) is 0.856. The molecule has 1 N–H and O–H groups in total. The van der Waals surface area contributed by atoms with E-state index in [1.54, 1.807) is 0 Å². The molecule has 0 atom stereocenters. The summed E-state index contributed by atoms with van der Waals surface area (Å²) in [5.41, 5.74) is 0.641. The van der Waals surface area contributed by atoms with Crippen LogP contribution < -0.4 is 5.32 Å². The molecule has 1 amide bonds. The smallest absolute Gasteiger partial charge is 0.227 e. The predicted molar refractivity (Wildman–Crippen MR) is 37.9 cm³/mol. The van der Waals surface area contributed by atoms with Crippen molar-refractivity contribution in [2.24, 2.45) is 5.92 Å². The summed E-state index contributed by atoms with van der Waals surface area (Å²) >= 11 is 0. The number of nitrogens with one attached hydrogen (secondary N) is 1. The summed E-state index contributed by atoms with van der Waals surface area (Å²) in [6.07, 6.45) is 4.93. The van der Waals surface area contributed by atoms with Gasteiger partial charge in [-0.3, -0.25) is 4.79 Å². The van der Waals surface area contributed by atoms with E-state index in [9.17, 15) is 4.79 Å². The van der Waals surface area contributed by atoms with Gasteiger partial charge in [-0.05, 0) is 12.8 Å². The molecule has 0 saturated heterocycles. The normalized spacial score (nSPS) is 16.4. The molecule has 1 fully saturated rings. The highest BCUT2D eigenvalue weighted by Crippen LogP contribution is 2.29. The molecule has 1 aliphatic carbocycles. The van der Waals surface area contributed by atoms with Crippen molar-refractivity contribution in [2.75, 3.05) is 5.32 Å². The summed E-state index contributed by atoms with van der Waals surface area (Å²) < 4.78 is 4.55. The van der Waals surface area contributed by atoms with Crippen LogP contribution in [0.15, 0.2) is 17.0 Å². The number of rotatable bonds is 2. The Morgan fingerprint density at radius 2 is 2.55 bits per heavy atom. The van der Waals surface area contributed by atoms with E-state index < -0.39 is 0 Å². The molecule has 11 heavy (non-hydrogen) atoms. The maximum atomic E-state index is 11.1. The molecule has 4 nitrogen and oxygen atoms in total. The van der Waals surface area contributed by atoms with E-state index in [1.807, 2.05) is 0 Å².